The Morgan fingerprint density at radius 2 is 2.06 bits per heavy atom. The van der Waals surface area contributed by atoms with Gasteiger partial charge in [-0.25, -0.2) is 0 Å². The highest BCUT2D eigenvalue weighted by molar-refractivity contribution is 5.68. The molecule has 0 radical (unpaired) electrons. The van der Waals surface area contributed by atoms with Crippen LogP contribution in [0.4, 0.5) is 0 Å². The molecule has 0 saturated carbocycles. The van der Waals surface area contributed by atoms with Crippen molar-refractivity contribution in [3.8, 4) is 6.07 Å². The molecule has 18 heavy (non-hydrogen) atoms. The summed E-state index contributed by atoms with van der Waals surface area (Å²) in [6.07, 6.45) is 9.47. The largest absolute Gasteiger partial charge is 0.299 e. The fraction of sp³-hybridized carbons (Fsp3) is 0.250. The average Bonchev–Trinajstić information content (AvgIpc) is 2.42. The highest BCUT2D eigenvalue weighted by Crippen LogP contribution is 2.12. The molecule has 1 aromatic rings. The van der Waals surface area contributed by atoms with Gasteiger partial charge in [0.1, 0.15) is 6.29 Å². The monoisotopic (exact) mass is 239 g/mol. The SMILES string of the molecule is CCCCC(C=Cc1ccc(C#N)cc1)=CC=O. The van der Waals surface area contributed by atoms with E-state index in [9.17, 15) is 4.79 Å². The Hall–Kier alpha value is -2.14. The minimum atomic E-state index is 0.654. The van der Waals surface area contributed by atoms with Crippen LogP contribution in [0.25, 0.3) is 6.08 Å². The van der Waals surface area contributed by atoms with Crippen LogP contribution in [0.1, 0.15) is 37.3 Å². The summed E-state index contributed by atoms with van der Waals surface area (Å²) in [4.78, 5) is 10.5. The molecule has 0 aliphatic carbocycles. The van der Waals surface area contributed by atoms with Crippen LogP contribution in [0.5, 0.6) is 0 Å². The molecule has 0 N–H and O–H groups in total. The van der Waals surface area contributed by atoms with E-state index in [0.717, 1.165) is 36.7 Å². The van der Waals surface area contributed by atoms with Gasteiger partial charge in [-0.05, 0) is 42.2 Å². The zero-order valence-corrected chi connectivity index (χ0v) is 10.6. The molecule has 0 atom stereocenters. The second-order valence-electron chi connectivity index (χ2n) is 4.05. The Morgan fingerprint density at radius 3 is 2.61 bits per heavy atom. The van der Waals surface area contributed by atoms with Gasteiger partial charge in [0.15, 0.2) is 0 Å². The average molecular weight is 239 g/mol. The molecule has 0 aromatic heterocycles. The van der Waals surface area contributed by atoms with E-state index in [2.05, 4.69) is 13.0 Å². The molecule has 92 valence electrons. The van der Waals surface area contributed by atoms with Crippen molar-refractivity contribution >= 4 is 12.4 Å². The van der Waals surface area contributed by atoms with E-state index in [1.165, 1.54) is 0 Å². The maximum atomic E-state index is 10.5. The van der Waals surface area contributed by atoms with Crippen molar-refractivity contribution in [2.45, 2.75) is 26.2 Å². The van der Waals surface area contributed by atoms with E-state index >= 15 is 0 Å². The topological polar surface area (TPSA) is 40.9 Å². The first-order valence-corrected chi connectivity index (χ1v) is 6.12. The predicted molar refractivity (Wildman–Crippen MR) is 73.9 cm³/mol. The third-order valence-corrected chi connectivity index (χ3v) is 2.63. The summed E-state index contributed by atoms with van der Waals surface area (Å²) in [6.45, 7) is 2.13. The maximum Gasteiger partial charge on any atom is 0.143 e. The number of carbonyl (C=O) groups excluding carboxylic acids is 1. The first-order chi connectivity index (χ1) is 8.80. The van der Waals surface area contributed by atoms with Crippen LogP contribution >= 0.6 is 0 Å². The lowest BCUT2D eigenvalue weighted by Crippen LogP contribution is -1.81. The number of hydrogen-bond donors (Lipinski definition) is 0. The normalized spacial score (nSPS) is 11.4. The molecule has 0 amide bonds. The number of aldehydes is 1. The van der Waals surface area contributed by atoms with Crippen LogP contribution in [0.15, 0.2) is 42.0 Å². The summed E-state index contributed by atoms with van der Waals surface area (Å²) < 4.78 is 0. The van der Waals surface area contributed by atoms with Crippen LogP contribution in [0.2, 0.25) is 0 Å². The number of nitriles is 1. The standard InChI is InChI=1S/C16H17NO/c1-2-3-4-14(11-12-18)5-6-15-7-9-16(13-17)10-8-15/h5-12H,2-4H2,1H3. The van der Waals surface area contributed by atoms with Gasteiger partial charge in [-0.2, -0.15) is 5.26 Å². The molecule has 0 unspecified atom stereocenters. The van der Waals surface area contributed by atoms with Crippen molar-refractivity contribution in [1.29, 1.82) is 5.26 Å². The molecular weight excluding hydrogens is 222 g/mol. The Morgan fingerprint density at radius 1 is 1.33 bits per heavy atom. The molecule has 0 spiro atoms. The minimum absolute atomic E-state index is 0.654. The maximum absolute atomic E-state index is 10.5. The Labute approximate surface area is 108 Å². The summed E-state index contributed by atoms with van der Waals surface area (Å²) in [5.41, 5.74) is 2.72. The molecule has 0 aliphatic rings. The first-order valence-electron chi connectivity index (χ1n) is 6.12. The molecule has 0 fully saturated rings. The summed E-state index contributed by atoms with van der Waals surface area (Å²) in [7, 11) is 0. The molecular formula is C16H17NO. The van der Waals surface area contributed by atoms with E-state index in [1.54, 1.807) is 18.2 Å². The first kappa shape index (κ1) is 13.9. The van der Waals surface area contributed by atoms with Gasteiger partial charge < -0.3 is 0 Å². The quantitative estimate of drug-likeness (QED) is 0.429. The summed E-state index contributed by atoms with van der Waals surface area (Å²) in [5.74, 6) is 0. The Bertz CT molecular complexity index is 475. The lowest BCUT2D eigenvalue weighted by Gasteiger charge is -1.99. The van der Waals surface area contributed by atoms with Crippen LogP contribution in [-0.4, -0.2) is 6.29 Å². The summed E-state index contributed by atoms with van der Waals surface area (Å²) in [6, 6.07) is 9.45. The van der Waals surface area contributed by atoms with Gasteiger partial charge in [0.25, 0.3) is 0 Å². The summed E-state index contributed by atoms with van der Waals surface area (Å²) >= 11 is 0. The number of hydrogen-bond acceptors (Lipinski definition) is 2. The number of rotatable bonds is 6. The fourth-order valence-electron chi connectivity index (χ4n) is 1.56. The van der Waals surface area contributed by atoms with Crippen molar-refractivity contribution in [2.24, 2.45) is 0 Å². The minimum Gasteiger partial charge on any atom is -0.299 e. The van der Waals surface area contributed by atoms with Gasteiger partial charge in [-0.3, -0.25) is 4.79 Å². The van der Waals surface area contributed by atoms with E-state index in [1.807, 2.05) is 24.3 Å². The van der Waals surface area contributed by atoms with Gasteiger partial charge >= 0.3 is 0 Å². The lowest BCUT2D eigenvalue weighted by atomic mass is 10.1. The van der Waals surface area contributed by atoms with E-state index in [0.29, 0.717) is 5.56 Å². The van der Waals surface area contributed by atoms with Gasteiger partial charge in [-0.1, -0.05) is 37.6 Å². The smallest absolute Gasteiger partial charge is 0.143 e. The van der Waals surface area contributed by atoms with Crippen LogP contribution in [-0.2, 0) is 4.79 Å². The van der Waals surface area contributed by atoms with Crippen LogP contribution < -0.4 is 0 Å². The van der Waals surface area contributed by atoms with Crippen LogP contribution in [0.3, 0.4) is 0 Å². The van der Waals surface area contributed by atoms with E-state index in [-0.39, 0.29) is 0 Å². The van der Waals surface area contributed by atoms with Crippen LogP contribution in [0, 0.1) is 11.3 Å². The predicted octanol–water partition coefficient (Wildman–Crippen LogP) is 3.89. The highest BCUT2D eigenvalue weighted by atomic mass is 16.1. The third kappa shape index (κ3) is 4.80. The van der Waals surface area contributed by atoms with Crippen molar-refractivity contribution in [1.82, 2.24) is 0 Å². The number of unbranched alkanes of at least 4 members (excludes halogenated alkanes) is 1. The summed E-state index contributed by atoms with van der Waals surface area (Å²) in [5, 5.41) is 8.70. The molecule has 0 saturated heterocycles. The third-order valence-electron chi connectivity index (χ3n) is 2.63. The van der Waals surface area contributed by atoms with Gasteiger partial charge in [0, 0.05) is 0 Å². The van der Waals surface area contributed by atoms with Crippen molar-refractivity contribution in [3.05, 3.63) is 53.1 Å². The van der Waals surface area contributed by atoms with Crippen molar-refractivity contribution in [2.75, 3.05) is 0 Å². The zero-order chi connectivity index (χ0) is 13.2. The fourth-order valence-corrected chi connectivity index (χ4v) is 1.56. The lowest BCUT2D eigenvalue weighted by molar-refractivity contribution is -0.104. The second kappa shape index (κ2) is 8.03. The molecule has 0 bridgehead atoms. The Balaban J connectivity index is 2.73. The van der Waals surface area contributed by atoms with Crippen molar-refractivity contribution < 1.29 is 4.79 Å². The molecule has 0 aliphatic heterocycles. The van der Waals surface area contributed by atoms with Gasteiger partial charge in [-0.15, -0.1) is 0 Å². The second-order valence-corrected chi connectivity index (χ2v) is 4.05. The number of nitrogens with zero attached hydrogens (tertiary/aromatic N) is 1. The van der Waals surface area contributed by atoms with Crippen molar-refractivity contribution in [3.63, 3.8) is 0 Å². The Kier molecular flexibility index (Phi) is 6.21. The molecule has 1 rings (SSSR count). The highest BCUT2D eigenvalue weighted by Gasteiger charge is 1.93. The zero-order valence-electron chi connectivity index (χ0n) is 10.6. The molecule has 0 heterocycles. The molecule has 2 heteroatoms. The van der Waals surface area contributed by atoms with Gasteiger partial charge in [0.2, 0.25) is 0 Å². The number of allylic oxidation sites excluding steroid dienone is 3. The molecule has 2 nitrogen and oxygen atoms in total. The van der Waals surface area contributed by atoms with E-state index < -0.39 is 0 Å². The van der Waals surface area contributed by atoms with E-state index in [4.69, 9.17) is 5.26 Å². The molecule has 1 aromatic carbocycles. The number of carbonyl (C=O) groups is 1. The van der Waals surface area contributed by atoms with Gasteiger partial charge in [0.05, 0.1) is 11.6 Å². The number of benzene rings is 1.